The van der Waals surface area contributed by atoms with Crippen LogP contribution < -0.4 is 21.3 Å². The average Bonchev–Trinajstić information content (AvgIpc) is 3.71. The number of nitrogens with zero attached hydrogens (tertiary/aromatic N) is 1. The third-order valence-corrected chi connectivity index (χ3v) is 7.54. The van der Waals surface area contributed by atoms with Crippen molar-refractivity contribution in [1.29, 1.82) is 0 Å². The van der Waals surface area contributed by atoms with Crippen LogP contribution in [-0.2, 0) is 20.6 Å². The number of anilines is 3. The van der Waals surface area contributed by atoms with E-state index in [1.54, 1.807) is 0 Å². The highest BCUT2D eigenvalue weighted by Crippen LogP contribution is 2.42. The minimum Gasteiger partial charge on any atom is -0.369 e. The van der Waals surface area contributed by atoms with E-state index >= 15 is 0 Å². The van der Waals surface area contributed by atoms with E-state index in [1.807, 2.05) is 0 Å². The number of carbonyl (C=O) groups is 3. The zero-order valence-electron chi connectivity index (χ0n) is 21.5. The Labute approximate surface area is 236 Å². The fraction of sp³-hybridized carbons (Fsp3) is 0.444. The van der Waals surface area contributed by atoms with E-state index in [-0.39, 0.29) is 41.0 Å². The van der Waals surface area contributed by atoms with Crippen LogP contribution in [0.4, 0.5) is 43.4 Å². The number of nitrogens with two attached hydrogens (primary N) is 1. The van der Waals surface area contributed by atoms with Gasteiger partial charge in [0.2, 0.25) is 17.7 Å². The van der Waals surface area contributed by atoms with Crippen molar-refractivity contribution in [3.05, 3.63) is 53.1 Å². The summed E-state index contributed by atoms with van der Waals surface area (Å²) >= 11 is 6.30. The molecule has 3 atom stereocenters. The van der Waals surface area contributed by atoms with Gasteiger partial charge in [-0.15, -0.1) is 0 Å². The Hall–Kier alpha value is -3.48. The van der Waals surface area contributed by atoms with E-state index in [9.17, 15) is 40.7 Å². The lowest BCUT2D eigenvalue weighted by Gasteiger charge is -2.30. The lowest BCUT2D eigenvalue weighted by Crippen LogP contribution is -2.52. The Morgan fingerprint density at radius 1 is 1.07 bits per heavy atom. The molecule has 1 aliphatic carbocycles. The number of nitrogens with one attached hydrogen (secondary N) is 2. The van der Waals surface area contributed by atoms with Crippen molar-refractivity contribution in [2.24, 2.45) is 23.5 Å². The van der Waals surface area contributed by atoms with Gasteiger partial charge in [-0.2, -0.15) is 26.3 Å². The summed E-state index contributed by atoms with van der Waals surface area (Å²) in [6.07, 6.45) is -9.68. The molecule has 41 heavy (non-hydrogen) atoms. The van der Waals surface area contributed by atoms with Gasteiger partial charge >= 0.3 is 12.4 Å². The third kappa shape index (κ3) is 7.63. The number of benzene rings is 2. The first kappa shape index (κ1) is 30.5. The zero-order chi connectivity index (χ0) is 30.1. The first-order valence-corrected chi connectivity index (χ1v) is 13.2. The maximum absolute atomic E-state index is 13.5. The number of rotatable bonds is 9. The Bertz CT molecular complexity index is 1310. The lowest BCUT2D eigenvalue weighted by atomic mass is 9.83. The van der Waals surface area contributed by atoms with E-state index in [4.69, 9.17) is 17.3 Å². The molecule has 2 aliphatic rings. The molecule has 4 rings (SSSR count). The van der Waals surface area contributed by atoms with Crippen molar-refractivity contribution in [3.63, 3.8) is 0 Å². The topological polar surface area (TPSA) is 105 Å². The van der Waals surface area contributed by atoms with E-state index in [0.29, 0.717) is 0 Å². The average molecular weight is 605 g/mol. The van der Waals surface area contributed by atoms with Crippen LogP contribution in [0.1, 0.15) is 37.7 Å². The molecule has 0 saturated heterocycles. The summed E-state index contributed by atoms with van der Waals surface area (Å²) in [5.74, 6) is -5.30. The maximum atomic E-state index is 13.5. The van der Waals surface area contributed by atoms with Crippen LogP contribution in [0, 0.1) is 17.8 Å². The molecular formula is C27H27ClF6N4O3. The van der Waals surface area contributed by atoms with Gasteiger partial charge in [-0.25, -0.2) is 0 Å². The normalized spacial score (nSPS) is 19.0. The molecular weight excluding hydrogens is 578 g/mol. The predicted molar refractivity (Wildman–Crippen MR) is 139 cm³/mol. The summed E-state index contributed by atoms with van der Waals surface area (Å²) < 4.78 is 79.4. The highest BCUT2D eigenvalue weighted by atomic mass is 35.5. The van der Waals surface area contributed by atoms with Crippen LogP contribution in [0.2, 0.25) is 5.02 Å². The molecule has 2 aromatic carbocycles. The lowest BCUT2D eigenvalue weighted by molar-refractivity contribution is -0.146. The molecule has 2 aromatic rings. The van der Waals surface area contributed by atoms with Crippen LogP contribution in [0.15, 0.2) is 42.5 Å². The van der Waals surface area contributed by atoms with Gasteiger partial charge < -0.3 is 21.3 Å². The number of hydrogen-bond donors (Lipinski definition) is 3. The summed E-state index contributed by atoms with van der Waals surface area (Å²) in [7, 11) is 0. The van der Waals surface area contributed by atoms with Gasteiger partial charge in [0.15, 0.2) is 0 Å². The molecule has 1 fully saturated rings. The summed E-state index contributed by atoms with van der Waals surface area (Å²) in [4.78, 5) is 40.3. The molecule has 7 nitrogen and oxygen atoms in total. The largest absolute Gasteiger partial charge is 0.416 e. The van der Waals surface area contributed by atoms with Gasteiger partial charge in [0.25, 0.3) is 0 Å². The minimum atomic E-state index is -4.66. The van der Waals surface area contributed by atoms with Gasteiger partial charge in [-0.1, -0.05) is 36.6 Å². The smallest absolute Gasteiger partial charge is 0.369 e. The number of para-hydroxylation sites is 1. The first-order valence-electron chi connectivity index (χ1n) is 12.8. The summed E-state index contributed by atoms with van der Waals surface area (Å²) in [5.41, 5.74) is 4.89. The van der Waals surface area contributed by atoms with Gasteiger partial charge in [0.05, 0.1) is 28.5 Å². The van der Waals surface area contributed by atoms with E-state index in [1.165, 1.54) is 35.2 Å². The maximum Gasteiger partial charge on any atom is 0.416 e. The van der Waals surface area contributed by atoms with Crippen molar-refractivity contribution in [3.8, 4) is 0 Å². The highest BCUT2D eigenvalue weighted by Gasteiger charge is 2.41. The number of hydrogen-bond acceptors (Lipinski definition) is 4. The molecule has 3 amide bonds. The summed E-state index contributed by atoms with van der Waals surface area (Å²) in [5, 5.41) is 5.21. The molecule has 0 radical (unpaired) electrons. The second-order valence-corrected chi connectivity index (χ2v) is 10.7. The number of amides is 3. The van der Waals surface area contributed by atoms with Crippen molar-refractivity contribution < 1.29 is 40.7 Å². The molecule has 1 heterocycles. The number of carbonyl (C=O) groups excluding carboxylic acids is 3. The Kier molecular flexibility index (Phi) is 8.76. The monoisotopic (exact) mass is 604 g/mol. The second kappa shape index (κ2) is 11.8. The number of alkyl halides is 6. The molecule has 0 spiro atoms. The van der Waals surface area contributed by atoms with Crippen LogP contribution in [0.5, 0.6) is 0 Å². The van der Waals surface area contributed by atoms with Gasteiger partial charge in [-0.3, -0.25) is 14.4 Å². The van der Waals surface area contributed by atoms with Crippen molar-refractivity contribution >= 4 is 46.4 Å². The first-order chi connectivity index (χ1) is 19.1. The van der Waals surface area contributed by atoms with Gasteiger partial charge in [-0.05, 0) is 49.1 Å². The molecule has 0 aromatic heterocycles. The number of primary amides is 1. The van der Waals surface area contributed by atoms with Crippen LogP contribution >= 0.6 is 11.6 Å². The SMILES string of the molecule is NC(=O)[C@H](CCC(F)(F)F)[C@H](CC1CC1)C(=O)N[C@H]1CN(c2cccc(C(F)(F)F)c2)c2cccc(Cl)c2NC1=O. The van der Waals surface area contributed by atoms with E-state index in [2.05, 4.69) is 10.6 Å². The van der Waals surface area contributed by atoms with Crippen LogP contribution in [-0.4, -0.2) is 36.5 Å². The van der Waals surface area contributed by atoms with Crippen molar-refractivity contribution in [2.75, 3.05) is 16.8 Å². The molecule has 222 valence electrons. The number of fused-ring (bicyclic) bond motifs is 1. The Morgan fingerprint density at radius 2 is 1.76 bits per heavy atom. The van der Waals surface area contributed by atoms with Crippen LogP contribution in [0.3, 0.4) is 0 Å². The molecule has 0 bridgehead atoms. The summed E-state index contributed by atoms with van der Waals surface area (Å²) in [6, 6.07) is 7.52. The zero-order valence-corrected chi connectivity index (χ0v) is 22.2. The number of halogens is 7. The van der Waals surface area contributed by atoms with Crippen molar-refractivity contribution in [2.45, 2.75) is 50.5 Å². The molecule has 0 unspecified atom stereocenters. The predicted octanol–water partition coefficient (Wildman–Crippen LogP) is 5.79. The third-order valence-electron chi connectivity index (χ3n) is 7.22. The molecule has 1 saturated carbocycles. The van der Waals surface area contributed by atoms with Crippen LogP contribution in [0.25, 0.3) is 0 Å². The molecule has 1 aliphatic heterocycles. The highest BCUT2D eigenvalue weighted by molar-refractivity contribution is 6.34. The second-order valence-electron chi connectivity index (χ2n) is 10.3. The quantitative estimate of drug-likeness (QED) is 0.315. The molecule has 14 heteroatoms. The standard InChI is InChI=1S/C27H27ClF6N4O3/c28-19-5-2-6-21-22(19)37-25(41)20(13-38(21)16-4-1-3-15(12-16)27(32,33)34)36-24(40)18(11-14-7-8-14)17(23(35)39)9-10-26(29,30)31/h1-6,12,14,17-18,20H,7-11,13H2,(H2,35,39)(H,36,40)(H,37,41)/t17-,18+,20+/m1/s1. The molecule has 4 N–H and O–H groups in total. The van der Waals surface area contributed by atoms with Gasteiger partial charge in [0, 0.05) is 23.9 Å². The van der Waals surface area contributed by atoms with E-state index in [0.717, 1.165) is 25.0 Å². The Balaban J connectivity index is 1.66. The minimum absolute atomic E-state index is 0.0196. The summed E-state index contributed by atoms with van der Waals surface area (Å²) in [6.45, 7) is -0.341. The Morgan fingerprint density at radius 3 is 2.37 bits per heavy atom. The fourth-order valence-corrected chi connectivity index (χ4v) is 5.16. The van der Waals surface area contributed by atoms with Crippen molar-refractivity contribution in [1.82, 2.24) is 5.32 Å². The van der Waals surface area contributed by atoms with E-state index < -0.39 is 66.4 Å². The fourth-order valence-electron chi connectivity index (χ4n) is 4.95. The van der Waals surface area contributed by atoms with Gasteiger partial charge in [0.1, 0.15) is 6.04 Å².